The van der Waals surface area contributed by atoms with E-state index in [9.17, 15) is 14.4 Å². The van der Waals surface area contributed by atoms with Crippen LogP contribution in [0.25, 0.3) is 10.9 Å². The number of ether oxygens (including phenoxy) is 1. The highest BCUT2D eigenvalue weighted by Crippen LogP contribution is 2.24. The molecule has 1 saturated heterocycles. The van der Waals surface area contributed by atoms with E-state index in [4.69, 9.17) is 4.74 Å². The average molecular weight is 384 g/mol. The Hall–Kier alpha value is -3.29. The highest BCUT2D eigenvalue weighted by Gasteiger charge is 2.37. The van der Waals surface area contributed by atoms with E-state index < -0.39 is 12.1 Å². The lowest BCUT2D eigenvalue weighted by Gasteiger charge is -2.12. The summed E-state index contributed by atoms with van der Waals surface area (Å²) < 4.78 is 5.26. The Morgan fingerprint density at radius 3 is 2.96 bits per heavy atom. The standard InChI is InChI=1S/C20H24N4O4/c1-3-9-21-18(25)7-6-17-19(26)24(20(27)23-17)10-8-13-12-22-16-5-4-14(28-2)11-15(13)16/h3-5,11-12,17,22H,1,6-10H2,2H3,(H,21,25)(H,23,27). The van der Waals surface area contributed by atoms with Crippen LogP contribution in [0.5, 0.6) is 5.75 Å². The molecular weight excluding hydrogens is 360 g/mol. The minimum Gasteiger partial charge on any atom is -0.497 e. The van der Waals surface area contributed by atoms with Gasteiger partial charge in [-0.2, -0.15) is 0 Å². The maximum atomic E-state index is 12.5. The molecule has 1 atom stereocenters. The summed E-state index contributed by atoms with van der Waals surface area (Å²) in [6.45, 7) is 4.18. The summed E-state index contributed by atoms with van der Waals surface area (Å²) in [5.41, 5.74) is 1.97. The van der Waals surface area contributed by atoms with Crippen molar-refractivity contribution in [2.75, 3.05) is 20.2 Å². The van der Waals surface area contributed by atoms with Crippen molar-refractivity contribution in [1.29, 1.82) is 0 Å². The Morgan fingerprint density at radius 2 is 2.21 bits per heavy atom. The van der Waals surface area contributed by atoms with Gasteiger partial charge in [-0.3, -0.25) is 14.5 Å². The number of aromatic amines is 1. The Labute approximate surface area is 162 Å². The molecule has 0 aliphatic carbocycles. The molecular formula is C20H24N4O4. The van der Waals surface area contributed by atoms with Crippen LogP contribution >= 0.6 is 0 Å². The number of imide groups is 1. The minimum atomic E-state index is -0.662. The molecule has 0 radical (unpaired) electrons. The number of aromatic nitrogens is 1. The number of urea groups is 1. The van der Waals surface area contributed by atoms with Crippen molar-refractivity contribution in [1.82, 2.24) is 20.5 Å². The summed E-state index contributed by atoms with van der Waals surface area (Å²) >= 11 is 0. The fourth-order valence-electron chi connectivity index (χ4n) is 3.26. The van der Waals surface area contributed by atoms with Crippen LogP contribution < -0.4 is 15.4 Å². The molecule has 148 valence electrons. The van der Waals surface area contributed by atoms with Crippen molar-refractivity contribution in [3.63, 3.8) is 0 Å². The van der Waals surface area contributed by atoms with Crippen molar-refractivity contribution in [3.05, 3.63) is 42.6 Å². The molecule has 0 bridgehead atoms. The van der Waals surface area contributed by atoms with Gasteiger partial charge in [0.05, 0.1) is 7.11 Å². The summed E-state index contributed by atoms with van der Waals surface area (Å²) in [6, 6.07) is 4.65. The summed E-state index contributed by atoms with van der Waals surface area (Å²) in [6.07, 6.45) is 4.43. The first-order chi connectivity index (χ1) is 13.5. The number of nitrogens with zero attached hydrogens (tertiary/aromatic N) is 1. The third-order valence-electron chi connectivity index (χ3n) is 4.79. The zero-order valence-electron chi connectivity index (χ0n) is 15.8. The van der Waals surface area contributed by atoms with Crippen LogP contribution in [0.1, 0.15) is 18.4 Å². The Morgan fingerprint density at radius 1 is 1.39 bits per heavy atom. The second-order valence-corrected chi connectivity index (χ2v) is 6.60. The smallest absolute Gasteiger partial charge is 0.324 e. The Kier molecular flexibility index (Phi) is 5.98. The van der Waals surface area contributed by atoms with E-state index in [-0.39, 0.29) is 31.2 Å². The van der Waals surface area contributed by atoms with Crippen LogP contribution in [0.3, 0.4) is 0 Å². The van der Waals surface area contributed by atoms with E-state index in [2.05, 4.69) is 22.2 Å². The van der Waals surface area contributed by atoms with Crippen LogP contribution in [0, 0.1) is 0 Å². The number of carbonyl (C=O) groups excluding carboxylic acids is 3. The van der Waals surface area contributed by atoms with Crippen molar-refractivity contribution >= 4 is 28.7 Å². The van der Waals surface area contributed by atoms with Gasteiger partial charge in [0.2, 0.25) is 5.91 Å². The van der Waals surface area contributed by atoms with Gasteiger partial charge in [0.1, 0.15) is 11.8 Å². The minimum absolute atomic E-state index is 0.167. The highest BCUT2D eigenvalue weighted by molar-refractivity contribution is 6.04. The Bertz CT molecular complexity index is 905. The number of H-pyrrole nitrogens is 1. The molecule has 8 nitrogen and oxygen atoms in total. The molecule has 3 N–H and O–H groups in total. The van der Waals surface area contributed by atoms with E-state index in [1.807, 2.05) is 24.4 Å². The van der Waals surface area contributed by atoms with Crippen LogP contribution in [0.15, 0.2) is 37.1 Å². The molecule has 1 aromatic heterocycles. The molecule has 0 spiro atoms. The lowest BCUT2D eigenvalue weighted by atomic mass is 10.1. The molecule has 28 heavy (non-hydrogen) atoms. The van der Waals surface area contributed by atoms with Crippen LogP contribution in [-0.2, 0) is 16.0 Å². The van der Waals surface area contributed by atoms with Crippen LogP contribution in [0.2, 0.25) is 0 Å². The van der Waals surface area contributed by atoms with Gasteiger partial charge < -0.3 is 20.4 Å². The Balaban J connectivity index is 1.59. The van der Waals surface area contributed by atoms with Crippen molar-refractivity contribution in [3.8, 4) is 5.75 Å². The van der Waals surface area contributed by atoms with E-state index in [1.165, 1.54) is 4.90 Å². The first-order valence-electron chi connectivity index (χ1n) is 9.17. The van der Waals surface area contributed by atoms with Gasteiger partial charge in [0, 0.05) is 36.6 Å². The van der Waals surface area contributed by atoms with E-state index in [0.717, 1.165) is 22.2 Å². The lowest BCUT2D eigenvalue weighted by Crippen LogP contribution is -2.34. The number of nitrogens with one attached hydrogen (secondary N) is 3. The quantitative estimate of drug-likeness (QED) is 0.452. The average Bonchev–Trinajstić information content (AvgIpc) is 3.22. The molecule has 8 heteroatoms. The van der Waals surface area contributed by atoms with Gasteiger partial charge in [0.15, 0.2) is 0 Å². The van der Waals surface area contributed by atoms with Gasteiger partial charge in [-0.15, -0.1) is 6.58 Å². The normalized spacial score (nSPS) is 16.3. The third-order valence-corrected chi connectivity index (χ3v) is 4.79. The zero-order valence-corrected chi connectivity index (χ0v) is 15.8. The molecule has 0 saturated carbocycles. The number of fused-ring (bicyclic) bond motifs is 1. The van der Waals surface area contributed by atoms with E-state index >= 15 is 0 Å². The summed E-state index contributed by atoms with van der Waals surface area (Å²) in [7, 11) is 1.61. The molecule has 1 fully saturated rings. The van der Waals surface area contributed by atoms with Crippen LogP contribution in [0.4, 0.5) is 4.79 Å². The fraction of sp³-hybridized carbons (Fsp3) is 0.350. The molecule has 1 unspecified atom stereocenters. The maximum absolute atomic E-state index is 12.5. The highest BCUT2D eigenvalue weighted by atomic mass is 16.5. The first kappa shape index (κ1) is 19.5. The van der Waals surface area contributed by atoms with Gasteiger partial charge in [-0.25, -0.2) is 4.79 Å². The SMILES string of the molecule is C=CCNC(=O)CCC1NC(=O)N(CCc2c[nH]c3ccc(OC)cc23)C1=O. The van der Waals surface area contributed by atoms with E-state index in [1.54, 1.807) is 13.2 Å². The molecule has 2 heterocycles. The number of carbonyl (C=O) groups is 3. The van der Waals surface area contributed by atoms with Crippen molar-refractivity contribution in [2.24, 2.45) is 0 Å². The molecule has 4 amide bonds. The predicted octanol–water partition coefficient (Wildman–Crippen LogP) is 1.72. The largest absolute Gasteiger partial charge is 0.497 e. The monoisotopic (exact) mass is 384 g/mol. The number of amides is 4. The van der Waals surface area contributed by atoms with Gasteiger partial charge in [0.25, 0.3) is 5.91 Å². The summed E-state index contributed by atoms with van der Waals surface area (Å²) in [5, 5.41) is 6.32. The molecule has 1 aromatic carbocycles. The maximum Gasteiger partial charge on any atom is 0.324 e. The molecule has 3 rings (SSSR count). The number of rotatable bonds is 9. The third kappa shape index (κ3) is 4.16. The number of hydrogen-bond donors (Lipinski definition) is 3. The molecule has 1 aliphatic rings. The van der Waals surface area contributed by atoms with Crippen molar-refractivity contribution in [2.45, 2.75) is 25.3 Å². The van der Waals surface area contributed by atoms with Gasteiger partial charge >= 0.3 is 6.03 Å². The fourth-order valence-corrected chi connectivity index (χ4v) is 3.26. The summed E-state index contributed by atoms with van der Waals surface area (Å²) in [5.74, 6) is 0.283. The lowest BCUT2D eigenvalue weighted by molar-refractivity contribution is -0.127. The van der Waals surface area contributed by atoms with Gasteiger partial charge in [-0.05, 0) is 36.6 Å². The molecule has 1 aliphatic heterocycles. The molecule has 2 aromatic rings. The summed E-state index contributed by atoms with van der Waals surface area (Å²) in [4.78, 5) is 40.8. The number of benzene rings is 1. The second kappa shape index (κ2) is 8.60. The van der Waals surface area contributed by atoms with Gasteiger partial charge in [-0.1, -0.05) is 6.08 Å². The van der Waals surface area contributed by atoms with Crippen molar-refractivity contribution < 1.29 is 19.1 Å². The topological polar surface area (TPSA) is 104 Å². The van der Waals surface area contributed by atoms with Crippen LogP contribution in [-0.4, -0.2) is 54.0 Å². The zero-order chi connectivity index (χ0) is 20.1. The second-order valence-electron chi connectivity index (χ2n) is 6.60. The first-order valence-corrected chi connectivity index (χ1v) is 9.17. The number of methoxy groups -OCH3 is 1. The number of hydrogen-bond acceptors (Lipinski definition) is 4. The predicted molar refractivity (Wildman–Crippen MR) is 105 cm³/mol. The van der Waals surface area contributed by atoms with E-state index in [0.29, 0.717) is 13.0 Å².